The number of sulfone groups is 1. The van der Waals surface area contributed by atoms with Crippen molar-refractivity contribution in [3.63, 3.8) is 0 Å². The van der Waals surface area contributed by atoms with Crippen molar-refractivity contribution < 1.29 is 21.6 Å². The average molecular weight is 328 g/mol. The van der Waals surface area contributed by atoms with E-state index in [2.05, 4.69) is 0 Å². The zero-order valence-electron chi connectivity index (χ0n) is 11.1. The summed E-state index contributed by atoms with van der Waals surface area (Å²) in [6, 6.07) is 10.5. The molecule has 2 atom stereocenters. The molecule has 7 heteroatoms. The molecule has 0 bridgehead atoms. The highest BCUT2D eigenvalue weighted by atomic mass is 32.2. The number of rotatable bonds is 4. The van der Waals surface area contributed by atoms with Gasteiger partial charge in [0.05, 0.1) is 15.0 Å². The minimum absolute atomic E-state index is 0.0217. The van der Waals surface area contributed by atoms with E-state index in [0.29, 0.717) is 5.56 Å². The van der Waals surface area contributed by atoms with Gasteiger partial charge in [-0.2, -0.15) is 0 Å². The third-order valence-corrected chi connectivity index (χ3v) is 5.95. The number of halogens is 1. The first-order chi connectivity index (χ1) is 9.82. The van der Waals surface area contributed by atoms with Crippen molar-refractivity contribution in [1.29, 1.82) is 0 Å². The Morgan fingerprint density at radius 2 is 1.76 bits per heavy atom. The zero-order chi connectivity index (χ0) is 15.6. The van der Waals surface area contributed by atoms with E-state index in [9.17, 15) is 17.0 Å². The van der Waals surface area contributed by atoms with Crippen molar-refractivity contribution in [2.45, 2.75) is 22.0 Å². The molecule has 0 spiro atoms. The van der Waals surface area contributed by atoms with Gasteiger partial charge in [-0.25, -0.2) is 17.0 Å². The lowest BCUT2D eigenvalue weighted by Crippen LogP contribution is -2.11. The van der Waals surface area contributed by atoms with Gasteiger partial charge in [0.25, 0.3) is 0 Å². The van der Waals surface area contributed by atoms with Gasteiger partial charge in [-0.05, 0) is 48.9 Å². The first-order valence-electron chi connectivity index (χ1n) is 6.02. The van der Waals surface area contributed by atoms with Crippen molar-refractivity contribution in [1.82, 2.24) is 0 Å². The minimum atomic E-state index is -3.70. The normalized spacial score (nSPS) is 14.6. The molecule has 0 amide bonds. The van der Waals surface area contributed by atoms with Gasteiger partial charge < -0.3 is 4.55 Å². The fourth-order valence-electron chi connectivity index (χ4n) is 1.89. The van der Waals surface area contributed by atoms with E-state index in [1.165, 1.54) is 49.4 Å². The highest BCUT2D eigenvalue weighted by Gasteiger charge is 2.25. The Bertz CT molecular complexity index is 770. The maximum atomic E-state index is 13.2. The molecule has 1 N–H and O–H groups in total. The predicted molar refractivity (Wildman–Crippen MR) is 77.5 cm³/mol. The molecule has 4 nitrogen and oxygen atoms in total. The molecule has 0 saturated heterocycles. The Hall–Kier alpha value is -1.57. The Kier molecular flexibility index (Phi) is 4.55. The second-order valence-corrected chi connectivity index (χ2v) is 7.70. The summed E-state index contributed by atoms with van der Waals surface area (Å²) in [5, 5.41) is -0.918. The quantitative estimate of drug-likeness (QED) is 0.876. The molecule has 0 aliphatic rings. The summed E-state index contributed by atoms with van der Waals surface area (Å²) in [4.78, 5) is 0.140. The molecule has 2 rings (SSSR count). The Balaban J connectivity index is 2.39. The third-order valence-electron chi connectivity index (χ3n) is 3.14. The van der Waals surface area contributed by atoms with Crippen LogP contribution in [0.2, 0.25) is 0 Å². The van der Waals surface area contributed by atoms with Crippen molar-refractivity contribution in [3.05, 3.63) is 59.9 Å². The maximum Gasteiger partial charge on any atom is 0.186 e. The van der Waals surface area contributed by atoms with Crippen LogP contribution in [0.15, 0.2) is 58.3 Å². The molecule has 0 aliphatic carbocycles. The summed E-state index contributed by atoms with van der Waals surface area (Å²) < 4.78 is 57.9. The lowest BCUT2D eigenvalue weighted by Gasteiger charge is -2.13. The van der Waals surface area contributed by atoms with Crippen molar-refractivity contribution in [2.75, 3.05) is 0 Å². The Morgan fingerprint density at radius 3 is 2.29 bits per heavy atom. The van der Waals surface area contributed by atoms with Crippen LogP contribution < -0.4 is 0 Å². The second kappa shape index (κ2) is 6.05. The molecule has 0 radical (unpaired) electrons. The summed E-state index contributed by atoms with van der Waals surface area (Å²) in [7, 11) is -3.70. The molecule has 0 aliphatic heterocycles. The third kappa shape index (κ3) is 3.37. The number of hydrogen-bond donors (Lipinski definition) is 1. The van der Waals surface area contributed by atoms with Gasteiger partial charge in [-0.1, -0.05) is 12.1 Å². The first kappa shape index (κ1) is 15.8. The van der Waals surface area contributed by atoms with E-state index in [4.69, 9.17) is 4.55 Å². The molecule has 0 aromatic heterocycles. The van der Waals surface area contributed by atoms with Gasteiger partial charge in [0.2, 0.25) is 0 Å². The van der Waals surface area contributed by atoms with Crippen LogP contribution in [0.3, 0.4) is 0 Å². The molecule has 0 heterocycles. The molecule has 2 aromatic rings. The van der Waals surface area contributed by atoms with Crippen LogP contribution in [0.5, 0.6) is 0 Å². The van der Waals surface area contributed by atoms with Crippen LogP contribution in [0.25, 0.3) is 0 Å². The molecular formula is C14H13FO4S2. The SMILES string of the molecule is CC(c1cccc(F)c1)S(=O)(=O)c1ccc(S(=O)O)cc1. The van der Waals surface area contributed by atoms with Crippen LogP contribution in [-0.2, 0) is 20.9 Å². The topological polar surface area (TPSA) is 71.4 Å². The van der Waals surface area contributed by atoms with Crippen LogP contribution in [0, 0.1) is 5.82 Å². The van der Waals surface area contributed by atoms with E-state index < -0.39 is 32.0 Å². The standard InChI is InChI=1S/C14H13FO4S2/c1-10(11-3-2-4-12(15)9-11)21(18,19)14-7-5-13(6-8-14)20(16)17/h2-10H,1H3,(H,16,17). The number of hydrogen-bond acceptors (Lipinski definition) is 3. The smallest absolute Gasteiger partial charge is 0.186 e. The van der Waals surface area contributed by atoms with E-state index in [1.54, 1.807) is 6.07 Å². The molecule has 2 aromatic carbocycles. The van der Waals surface area contributed by atoms with E-state index >= 15 is 0 Å². The minimum Gasteiger partial charge on any atom is -0.302 e. The molecule has 2 unspecified atom stereocenters. The Morgan fingerprint density at radius 1 is 1.14 bits per heavy atom. The summed E-state index contributed by atoms with van der Waals surface area (Å²) in [6.07, 6.45) is 0. The second-order valence-electron chi connectivity index (χ2n) is 4.46. The fourth-order valence-corrected chi connectivity index (χ4v) is 3.69. The fraction of sp³-hybridized carbons (Fsp3) is 0.143. The van der Waals surface area contributed by atoms with Crippen molar-refractivity contribution in [3.8, 4) is 0 Å². The molecular weight excluding hydrogens is 315 g/mol. The van der Waals surface area contributed by atoms with E-state index in [0.717, 1.165) is 0 Å². The summed E-state index contributed by atoms with van der Waals surface area (Å²) in [6.45, 7) is 1.47. The summed E-state index contributed by atoms with van der Waals surface area (Å²) in [5.74, 6) is -0.499. The zero-order valence-corrected chi connectivity index (χ0v) is 12.7. The van der Waals surface area contributed by atoms with Crippen LogP contribution in [-0.4, -0.2) is 17.2 Å². The van der Waals surface area contributed by atoms with E-state index in [1.807, 2.05) is 0 Å². The highest BCUT2D eigenvalue weighted by molar-refractivity contribution is 7.91. The van der Waals surface area contributed by atoms with Crippen LogP contribution in [0.1, 0.15) is 17.7 Å². The predicted octanol–water partition coefficient (Wildman–Crippen LogP) is 2.94. The lowest BCUT2D eigenvalue weighted by atomic mass is 10.2. The molecule has 0 saturated carbocycles. The van der Waals surface area contributed by atoms with Gasteiger partial charge in [-0.3, -0.25) is 0 Å². The monoisotopic (exact) mass is 328 g/mol. The van der Waals surface area contributed by atoms with Gasteiger partial charge in [0.1, 0.15) is 5.82 Å². The van der Waals surface area contributed by atoms with Crippen LogP contribution >= 0.6 is 0 Å². The maximum absolute atomic E-state index is 13.2. The van der Waals surface area contributed by atoms with Gasteiger partial charge >= 0.3 is 0 Å². The molecule has 21 heavy (non-hydrogen) atoms. The van der Waals surface area contributed by atoms with Crippen molar-refractivity contribution >= 4 is 20.9 Å². The van der Waals surface area contributed by atoms with Gasteiger partial charge in [0.15, 0.2) is 20.9 Å². The average Bonchev–Trinajstić information content (AvgIpc) is 2.46. The summed E-state index contributed by atoms with van der Waals surface area (Å²) in [5.41, 5.74) is 0.352. The largest absolute Gasteiger partial charge is 0.302 e. The highest BCUT2D eigenvalue weighted by Crippen LogP contribution is 2.29. The van der Waals surface area contributed by atoms with E-state index in [-0.39, 0.29) is 9.79 Å². The first-order valence-corrected chi connectivity index (χ1v) is 8.68. The number of benzene rings is 2. The van der Waals surface area contributed by atoms with Crippen LogP contribution in [0.4, 0.5) is 4.39 Å². The lowest BCUT2D eigenvalue weighted by molar-refractivity contribution is 0.563. The molecule has 112 valence electrons. The Labute approximate surface area is 124 Å². The molecule has 0 fully saturated rings. The summed E-state index contributed by atoms with van der Waals surface area (Å²) >= 11 is -2.16. The van der Waals surface area contributed by atoms with Gasteiger partial charge in [-0.15, -0.1) is 0 Å². The van der Waals surface area contributed by atoms with Gasteiger partial charge in [0, 0.05) is 0 Å². The van der Waals surface area contributed by atoms with Crippen molar-refractivity contribution in [2.24, 2.45) is 0 Å².